The zero-order chi connectivity index (χ0) is 22.7. The van der Waals surface area contributed by atoms with Crippen LogP contribution >= 0.6 is 11.6 Å². The van der Waals surface area contributed by atoms with Crippen molar-refractivity contribution >= 4 is 23.2 Å². The molecule has 8 heteroatoms. The van der Waals surface area contributed by atoms with Crippen LogP contribution in [-0.4, -0.2) is 20.6 Å². The maximum Gasteiger partial charge on any atom is 0.259 e. The molecule has 0 aliphatic heterocycles. The van der Waals surface area contributed by atoms with E-state index < -0.39 is 0 Å². The first-order chi connectivity index (χ1) is 15.4. The van der Waals surface area contributed by atoms with Gasteiger partial charge in [0.1, 0.15) is 6.54 Å². The van der Waals surface area contributed by atoms with Crippen molar-refractivity contribution in [3.8, 4) is 22.8 Å². The first-order valence-corrected chi connectivity index (χ1v) is 10.5. The molecule has 0 bridgehead atoms. The van der Waals surface area contributed by atoms with Crippen molar-refractivity contribution in [1.29, 1.82) is 0 Å². The van der Waals surface area contributed by atoms with Crippen LogP contribution in [0.15, 0.2) is 70.1 Å². The quantitative estimate of drug-likeness (QED) is 0.460. The number of aromatic nitrogens is 3. The van der Waals surface area contributed by atoms with E-state index in [0.29, 0.717) is 16.4 Å². The Morgan fingerprint density at radius 1 is 1.09 bits per heavy atom. The van der Waals surface area contributed by atoms with Crippen LogP contribution in [0.3, 0.4) is 0 Å². The molecule has 0 fully saturated rings. The maximum atomic E-state index is 12.7. The number of rotatable bonds is 6. The van der Waals surface area contributed by atoms with Crippen LogP contribution in [-0.2, 0) is 17.8 Å². The molecule has 4 rings (SSSR count). The lowest BCUT2D eigenvalue weighted by Crippen LogP contribution is -2.27. The number of carbonyl (C=O) groups excluding carboxylic acids is 1. The zero-order valence-electron chi connectivity index (χ0n) is 17.6. The molecule has 1 amide bonds. The van der Waals surface area contributed by atoms with Crippen molar-refractivity contribution in [3.05, 3.63) is 87.3 Å². The lowest BCUT2D eigenvalue weighted by Gasteiger charge is -2.13. The lowest BCUT2D eigenvalue weighted by atomic mass is 10.1. The summed E-state index contributed by atoms with van der Waals surface area (Å²) in [6.45, 7) is 3.83. The predicted octanol–water partition coefficient (Wildman–Crippen LogP) is 4.73. The summed E-state index contributed by atoms with van der Waals surface area (Å²) in [7, 11) is 0. The van der Waals surface area contributed by atoms with E-state index in [2.05, 4.69) is 15.5 Å². The van der Waals surface area contributed by atoms with E-state index in [9.17, 15) is 9.59 Å². The number of nitrogens with zero attached hydrogens (tertiary/aromatic N) is 3. The van der Waals surface area contributed by atoms with Gasteiger partial charge in [-0.3, -0.25) is 9.59 Å². The summed E-state index contributed by atoms with van der Waals surface area (Å²) in [6, 6.07) is 15.9. The highest BCUT2D eigenvalue weighted by Crippen LogP contribution is 2.23. The number of aryl methyl sites for hydroxylation is 2. The monoisotopic (exact) mass is 448 g/mol. The van der Waals surface area contributed by atoms with Crippen LogP contribution in [0.1, 0.15) is 18.1 Å². The Morgan fingerprint density at radius 3 is 2.59 bits per heavy atom. The van der Waals surface area contributed by atoms with Gasteiger partial charge < -0.3 is 14.4 Å². The van der Waals surface area contributed by atoms with E-state index in [1.807, 2.05) is 32.0 Å². The van der Waals surface area contributed by atoms with E-state index in [4.69, 9.17) is 16.1 Å². The van der Waals surface area contributed by atoms with Crippen molar-refractivity contribution in [1.82, 2.24) is 14.7 Å². The van der Waals surface area contributed by atoms with Gasteiger partial charge in [0.15, 0.2) is 0 Å². The molecule has 0 saturated heterocycles. The predicted molar refractivity (Wildman–Crippen MR) is 124 cm³/mol. The zero-order valence-corrected chi connectivity index (χ0v) is 18.4. The number of carbonyl (C=O) groups is 1. The normalized spacial score (nSPS) is 10.8. The molecule has 0 unspecified atom stereocenters. The van der Waals surface area contributed by atoms with Crippen LogP contribution in [0.4, 0.5) is 5.69 Å². The van der Waals surface area contributed by atoms with Crippen molar-refractivity contribution in [2.45, 2.75) is 26.8 Å². The van der Waals surface area contributed by atoms with Crippen LogP contribution in [0, 0.1) is 6.92 Å². The fourth-order valence-electron chi connectivity index (χ4n) is 3.37. The first kappa shape index (κ1) is 21.5. The summed E-state index contributed by atoms with van der Waals surface area (Å²) < 4.78 is 6.69. The molecule has 2 aromatic heterocycles. The first-order valence-electron chi connectivity index (χ1n) is 10.1. The molecule has 162 valence electrons. The fourth-order valence-corrected chi connectivity index (χ4v) is 3.50. The molecule has 2 heterocycles. The molecule has 0 aliphatic carbocycles. The van der Waals surface area contributed by atoms with Gasteiger partial charge in [0, 0.05) is 28.5 Å². The average molecular weight is 449 g/mol. The Kier molecular flexibility index (Phi) is 6.18. The maximum absolute atomic E-state index is 12.7. The molecule has 0 radical (unpaired) electrons. The number of hydrogen-bond acceptors (Lipinski definition) is 5. The fraction of sp³-hybridized carbons (Fsp3) is 0.167. The van der Waals surface area contributed by atoms with E-state index in [-0.39, 0.29) is 23.9 Å². The third-order valence-electron chi connectivity index (χ3n) is 5.08. The summed E-state index contributed by atoms with van der Waals surface area (Å²) in [5.41, 5.74) is 3.78. The lowest BCUT2D eigenvalue weighted by molar-refractivity contribution is -0.116. The number of anilines is 1. The molecular formula is C24H21ClN4O3. The molecule has 32 heavy (non-hydrogen) atoms. The van der Waals surface area contributed by atoms with Gasteiger partial charge in [0.05, 0.1) is 5.56 Å². The molecule has 0 atom stereocenters. The van der Waals surface area contributed by atoms with E-state index in [0.717, 1.165) is 28.8 Å². The van der Waals surface area contributed by atoms with Crippen molar-refractivity contribution in [2.75, 3.05) is 5.32 Å². The number of hydrogen-bond donors (Lipinski definition) is 1. The highest BCUT2D eigenvalue weighted by Gasteiger charge is 2.14. The standard InChI is InChI=1S/C24H21ClN4O3/c1-3-16-6-4-5-15(2)22(16)26-20(30)14-29-13-18(9-12-21(29)31)24-27-23(28-32-24)17-7-10-19(25)11-8-17/h4-13H,3,14H2,1-2H3,(H,26,30). The van der Waals surface area contributed by atoms with Crippen molar-refractivity contribution in [3.63, 3.8) is 0 Å². The summed E-state index contributed by atoms with van der Waals surface area (Å²) in [4.78, 5) is 29.4. The van der Waals surface area contributed by atoms with Crippen LogP contribution in [0.5, 0.6) is 0 Å². The number of amides is 1. The Balaban J connectivity index is 1.55. The molecule has 2 aromatic carbocycles. The van der Waals surface area contributed by atoms with Gasteiger partial charge in [0.2, 0.25) is 11.7 Å². The third kappa shape index (κ3) is 4.63. The molecular weight excluding hydrogens is 428 g/mol. The van der Waals surface area contributed by atoms with Gasteiger partial charge in [-0.1, -0.05) is 41.9 Å². The smallest absolute Gasteiger partial charge is 0.259 e. The van der Waals surface area contributed by atoms with Gasteiger partial charge in [-0.15, -0.1) is 0 Å². The molecule has 0 spiro atoms. The second-order valence-corrected chi connectivity index (χ2v) is 7.76. The number of halogens is 1. The van der Waals surface area contributed by atoms with Crippen molar-refractivity contribution in [2.24, 2.45) is 0 Å². The Bertz CT molecular complexity index is 1330. The van der Waals surface area contributed by atoms with Crippen LogP contribution < -0.4 is 10.9 Å². The highest BCUT2D eigenvalue weighted by molar-refractivity contribution is 6.30. The number of nitrogens with one attached hydrogen (secondary N) is 1. The van der Waals surface area contributed by atoms with Gasteiger partial charge in [-0.25, -0.2) is 0 Å². The van der Waals surface area contributed by atoms with Crippen LogP contribution in [0.2, 0.25) is 5.02 Å². The highest BCUT2D eigenvalue weighted by atomic mass is 35.5. The molecule has 0 saturated carbocycles. The number of pyridine rings is 1. The number of para-hydroxylation sites is 1. The summed E-state index contributed by atoms with van der Waals surface area (Å²) in [6.07, 6.45) is 2.33. The molecule has 0 aliphatic rings. The van der Waals surface area contributed by atoms with Gasteiger partial charge >= 0.3 is 0 Å². The minimum atomic E-state index is -0.304. The van der Waals surface area contributed by atoms with E-state index in [1.165, 1.54) is 10.6 Å². The van der Waals surface area contributed by atoms with Crippen molar-refractivity contribution < 1.29 is 9.32 Å². The topological polar surface area (TPSA) is 90.0 Å². The summed E-state index contributed by atoms with van der Waals surface area (Å²) in [5, 5.41) is 7.54. The minimum Gasteiger partial charge on any atom is -0.334 e. The molecule has 7 nitrogen and oxygen atoms in total. The van der Waals surface area contributed by atoms with E-state index >= 15 is 0 Å². The van der Waals surface area contributed by atoms with Crippen LogP contribution in [0.25, 0.3) is 22.8 Å². The second kappa shape index (κ2) is 9.20. The SMILES string of the molecule is CCc1cccc(C)c1NC(=O)Cn1cc(-c2nc(-c3ccc(Cl)cc3)no2)ccc1=O. The minimum absolute atomic E-state index is 0.137. The van der Waals surface area contributed by atoms with Gasteiger partial charge in [0.25, 0.3) is 11.4 Å². The summed E-state index contributed by atoms with van der Waals surface area (Å²) >= 11 is 5.92. The molecule has 1 N–H and O–H groups in total. The summed E-state index contributed by atoms with van der Waals surface area (Å²) in [5.74, 6) is 0.357. The Labute approximate surface area is 189 Å². The average Bonchev–Trinajstić information content (AvgIpc) is 3.27. The molecule has 4 aromatic rings. The van der Waals surface area contributed by atoms with E-state index in [1.54, 1.807) is 36.5 Å². The van der Waals surface area contributed by atoms with Gasteiger partial charge in [-0.2, -0.15) is 4.98 Å². The van der Waals surface area contributed by atoms with Gasteiger partial charge in [-0.05, 0) is 54.8 Å². The largest absolute Gasteiger partial charge is 0.334 e. The second-order valence-electron chi connectivity index (χ2n) is 7.32. The Hall–Kier alpha value is -3.71. The Morgan fingerprint density at radius 2 is 1.84 bits per heavy atom. The third-order valence-corrected chi connectivity index (χ3v) is 5.33. The number of benzene rings is 2.